The third-order valence-corrected chi connectivity index (χ3v) is 6.40. The van der Waals surface area contributed by atoms with Crippen molar-refractivity contribution in [2.45, 2.75) is 37.6 Å². The van der Waals surface area contributed by atoms with E-state index in [1.165, 1.54) is 14.0 Å². The van der Waals surface area contributed by atoms with Crippen LogP contribution in [0.15, 0.2) is 24.0 Å². The molecule has 25 heavy (non-hydrogen) atoms. The zero-order valence-electron chi connectivity index (χ0n) is 14.8. The van der Waals surface area contributed by atoms with Gasteiger partial charge in [0.2, 0.25) is 0 Å². The van der Waals surface area contributed by atoms with E-state index in [9.17, 15) is 14.7 Å². The zero-order chi connectivity index (χ0) is 17.9. The van der Waals surface area contributed by atoms with Crippen LogP contribution >= 0.6 is 0 Å². The molecular formula is C20H23NO4. The van der Waals surface area contributed by atoms with Crippen molar-refractivity contribution in [3.63, 3.8) is 0 Å². The van der Waals surface area contributed by atoms with Gasteiger partial charge >= 0.3 is 0 Å². The van der Waals surface area contributed by atoms with Gasteiger partial charge in [-0.05, 0) is 51.1 Å². The number of fused-ring (bicyclic) bond motifs is 1. The number of hydrogen-bond acceptors (Lipinski definition) is 5. The van der Waals surface area contributed by atoms with Crippen LogP contribution in [0.4, 0.5) is 0 Å². The number of allylic oxidation sites excluding steroid dienone is 1. The van der Waals surface area contributed by atoms with E-state index in [4.69, 9.17) is 4.74 Å². The quantitative estimate of drug-likeness (QED) is 0.836. The Hall–Kier alpha value is -2.14. The molecule has 4 rings (SSSR count). The van der Waals surface area contributed by atoms with Gasteiger partial charge in [0, 0.05) is 29.4 Å². The third kappa shape index (κ3) is 2.11. The highest BCUT2D eigenvalue weighted by Crippen LogP contribution is 2.56. The lowest BCUT2D eigenvalue weighted by atomic mass is 9.53. The molecule has 1 aliphatic heterocycles. The van der Waals surface area contributed by atoms with Crippen LogP contribution < -0.4 is 0 Å². The molecule has 3 aliphatic rings. The number of hydrogen-bond donors (Lipinski definition) is 1. The summed E-state index contributed by atoms with van der Waals surface area (Å²) in [5.74, 6) is 0.409. The summed E-state index contributed by atoms with van der Waals surface area (Å²) in [7, 11) is 3.64. The highest BCUT2D eigenvalue weighted by atomic mass is 16.5. The van der Waals surface area contributed by atoms with Crippen LogP contribution in [-0.2, 0) is 21.4 Å². The molecule has 5 nitrogen and oxygen atoms in total. The summed E-state index contributed by atoms with van der Waals surface area (Å²) >= 11 is 0. The minimum atomic E-state index is -0.445. The predicted molar refractivity (Wildman–Crippen MR) is 92.7 cm³/mol. The van der Waals surface area contributed by atoms with Crippen LogP contribution in [-0.4, -0.2) is 48.3 Å². The second-order valence-electron chi connectivity index (χ2n) is 7.57. The van der Waals surface area contributed by atoms with E-state index in [1.54, 1.807) is 6.07 Å². The minimum Gasteiger partial charge on any atom is -0.507 e. The van der Waals surface area contributed by atoms with E-state index in [0.29, 0.717) is 17.7 Å². The highest BCUT2D eigenvalue weighted by Gasteiger charge is 2.56. The zero-order valence-corrected chi connectivity index (χ0v) is 14.8. The fourth-order valence-corrected chi connectivity index (χ4v) is 5.17. The fraction of sp³-hybridized carbons (Fsp3) is 0.500. The molecule has 0 aromatic heterocycles. The number of benzene rings is 1. The summed E-state index contributed by atoms with van der Waals surface area (Å²) < 4.78 is 5.31. The Bertz CT molecular complexity index is 812. The molecule has 2 bridgehead atoms. The number of phenolic OH excluding ortho intramolecular Hbond substituents is 1. The highest BCUT2D eigenvalue weighted by molar-refractivity contribution is 5.99. The third-order valence-electron chi connectivity index (χ3n) is 6.40. The Morgan fingerprint density at radius 3 is 2.84 bits per heavy atom. The molecule has 132 valence electrons. The lowest BCUT2D eigenvalue weighted by Gasteiger charge is -2.56. The maximum absolute atomic E-state index is 12.6. The standard InChI is InChI=1S/C20H23NO4/c1-11(22)13-5-4-12-8-15-14-9-17(25-3)16(23)10-20(14,6-7-21(15)2)18(12)19(13)24/h4-5,9,14-15,24H,6-8,10H2,1-3H3/t14-,15+,20-/m1/s1. The van der Waals surface area contributed by atoms with Crippen molar-refractivity contribution in [3.05, 3.63) is 40.7 Å². The van der Waals surface area contributed by atoms with Gasteiger partial charge in [0.05, 0.1) is 12.7 Å². The molecule has 3 atom stereocenters. The van der Waals surface area contributed by atoms with Gasteiger partial charge in [0.1, 0.15) is 5.75 Å². The maximum atomic E-state index is 12.6. The van der Waals surface area contributed by atoms with Gasteiger partial charge in [-0.15, -0.1) is 0 Å². The molecule has 1 fully saturated rings. The molecule has 0 saturated carbocycles. The first-order valence-electron chi connectivity index (χ1n) is 8.74. The molecule has 1 aromatic rings. The number of phenols is 1. The molecule has 1 saturated heterocycles. The lowest BCUT2D eigenvalue weighted by Crippen LogP contribution is -2.60. The average Bonchev–Trinajstić information content (AvgIpc) is 2.57. The Morgan fingerprint density at radius 1 is 1.40 bits per heavy atom. The summed E-state index contributed by atoms with van der Waals surface area (Å²) in [5.41, 5.74) is 1.77. The minimum absolute atomic E-state index is 0.0254. The number of carbonyl (C=O) groups is 2. The monoisotopic (exact) mass is 341 g/mol. The van der Waals surface area contributed by atoms with Crippen molar-refractivity contribution in [2.75, 3.05) is 20.7 Å². The summed E-state index contributed by atoms with van der Waals surface area (Å²) in [6, 6.07) is 3.93. The number of aromatic hydroxyl groups is 1. The smallest absolute Gasteiger partial charge is 0.197 e. The lowest BCUT2D eigenvalue weighted by molar-refractivity contribution is -0.122. The number of Topliss-reactive ketones (excluding diaryl/α,β-unsaturated/α-hetero) is 2. The Balaban J connectivity index is 1.99. The Morgan fingerprint density at radius 2 is 2.16 bits per heavy atom. The van der Waals surface area contributed by atoms with Crippen LogP contribution in [0.3, 0.4) is 0 Å². The number of rotatable bonds is 2. The van der Waals surface area contributed by atoms with Crippen LogP contribution in [0, 0.1) is 5.92 Å². The van der Waals surface area contributed by atoms with Gasteiger partial charge in [0.15, 0.2) is 17.3 Å². The molecule has 5 heteroatoms. The first-order valence-corrected chi connectivity index (χ1v) is 8.74. The number of ether oxygens (including phenoxy) is 1. The number of nitrogens with zero attached hydrogens (tertiary/aromatic N) is 1. The average molecular weight is 341 g/mol. The van der Waals surface area contributed by atoms with Crippen molar-refractivity contribution in [3.8, 4) is 5.75 Å². The number of methoxy groups -OCH3 is 1. The van der Waals surface area contributed by atoms with E-state index in [2.05, 4.69) is 11.9 Å². The summed E-state index contributed by atoms with van der Waals surface area (Å²) in [4.78, 5) is 26.9. The van der Waals surface area contributed by atoms with Gasteiger partial charge in [-0.1, -0.05) is 6.07 Å². The van der Waals surface area contributed by atoms with E-state index < -0.39 is 5.41 Å². The maximum Gasteiger partial charge on any atom is 0.197 e. The first-order chi connectivity index (χ1) is 11.9. The van der Waals surface area contributed by atoms with Crippen LogP contribution in [0.1, 0.15) is 41.3 Å². The summed E-state index contributed by atoms with van der Waals surface area (Å²) in [6.45, 7) is 2.33. The van der Waals surface area contributed by atoms with Gasteiger partial charge in [0.25, 0.3) is 0 Å². The fourth-order valence-electron chi connectivity index (χ4n) is 5.17. The summed E-state index contributed by atoms with van der Waals surface area (Å²) in [5, 5.41) is 10.9. The van der Waals surface area contributed by atoms with Crippen molar-refractivity contribution in [2.24, 2.45) is 5.92 Å². The number of ketones is 2. The molecule has 1 aromatic carbocycles. The molecule has 0 amide bonds. The number of likely N-dealkylation sites (tertiary alicyclic amines) is 1. The number of piperidine rings is 1. The number of carbonyl (C=O) groups excluding carboxylic acids is 2. The van der Waals surface area contributed by atoms with Gasteiger partial charge < -0.3 is 14.7 Å². The first kappa shape index (κ1) is 16.3. The molecule has 0 unspecified atom stereocenters. The SMILES string of the molecule is COC1=C[C@@H]2[C@@H]3Cc4ccc(C(C)=O)c(O)c4[C@]2(CCN3C)CC1=O. The Kier molecular flexibility index (Phi) is 3.55. The molecule has 0 radical (unpaired) electrons. The van der Waals surface area contributed by atoms with Gasteiger partial charge in [-0.3, -0.25) is 9.59 Å². The van der Waals surface area contributed by atoms with Crippen LogP contribution in [0.5, 0.6) is 5.75 Å². The second-order valence-corrected chi connectivity index (χ2v) is 7.57. The second kappa shape index (κ2) is 5.43. The molecule has 2 aliphatic carbocycles. The predicted octanol–water partition coefficient (Wildman–Crippen LogP) is 2.21. The number of likely N-dealkylation sites (N-methyl/N-ethyl adjacent to an activating group) is 1. The topological polar surface area (TPSA) is 66.8 Å². The Labute approximate surface area is 147 Å². The van der Waals surface area contributed by atoms with Crippen molar-refractivity contribution >= 4 is 11.6 Å². The molecular weight excluding hydrogens is 318 g/mol. The van der Waals surface area contributed by atoms with Crippen LogP contribution in [0.2, 0.25) is 0 Å². The van der Waals surface area contributed by atoms with E-state index in [0.717, 1.165) is 30.5 Å². The molecule has 0 spiro atoms. The van der Waals surface area contributed by atoms with E-state index >= 15 is 0 Å². The normalized spacial score (nSPS) is 31.0. The molecule has 1 N–H and O–H groups in total. The van der Waals surface area contributed by atoms with Crippen molar-refractivity contribution in [1.82, 2.24) is 4.90 Å². The summed E-state index contributed by atoms with van der Waals surface area (Å²) in [6.07, 6.45) is 3.86. The molecule has 1 heterocycles. The van der Waals surface area contributed by atoms with E-state index in [1.807, 2.05) is 12.1 Å². The van der Waals surface area contributed by atoms with Gasteiger partial charge in [-0.25, -0.2) is 0 Å². The van der Waals surface area contributed by atoms with Crippen molar-refractivity contribution in [1.29, 1.82) is 0 Å². The van der Waals surface area contributed by atoms with Crippen LogP contribution in [0.25, 0.3) is 0 Å². The van der Waals surface area contributed by atoms with E-state index in [-0.39, 0.29) is 29.3 Å². The van der Waals surface area contributed by atoms with Crippen molar-refractivity contribution < 1.29 is 19.4 Å². The largest absolute Gasteiger partial charge is 0.507 e. The van der Waals surface area contributed by atoms with Gasteiger partial charge in [-0.2, -0.15) is 0 Å².